The number of aromatic carboxylic acids is 1. The number of nitrogens with zero attached hydrogens (tertiary/aromatic N) is 2. The molecule has 1 aromatic heterocycles. The molecule has 1 aromatic carbocycles. The van der Waals surface area contributed by atoms with Crippen molar-refractivity contribution in [2.75, 3.05) is 13.7 Å². The second-order valence-corrected chi connectivity index (χ2v) is 5.12. The molecule has 6 nitrogen and oxygen atoms in total. The minimum atomic E-state index is -0.988. The zero-order valence-electron chi connectivity index (χ0n) is 11.6. The van der Waals surface area contributed by atoms with Crippen molar-refractivity contribution in [2.24, 2.45) is 0 Å². The number of aromatic nitrogens is 1. The first-order valence-corrected chi connectivity index (χ1v) is 7.00. The number of thiazole rings is 1. The van der Waals surface area contributed by atoms with E-state index in [1.54, 1.807) is 30.4 Å². The van der Waals surface area contributed by atoms with Crippen LogP contribution in [0.3, 0.4) is 0 Å². The van der Waals surface area contributed by atoms with Gasteiger partial charge in [0, 0.05) is 0 Å². The van der Waals surface area contributed by atoms with Crippen LogP contribution in [-0.2, 0) is 0 Å². The molecule has 0 bridgehead atoms. The van der Waals surface area contributed by atoms with E-state index in [2.05, 4.69) is 4.98 Å². The number of benzene rings is 1. The fourth-order valence-corrected chi connectivity index (χ4v) is 2.31. The Hall–Kier alpha value is -2.85. The molecule has 0 fully saturated rings. The smallest absolute Gasteiger partial charge is 0.347 e. The second-order valence-electron chi connectivity index (χ2n) is 4.06. The maximum Gasteiger partial charge on any atom is 0.347 e. The van der Waals surface area contributed by atoms with Gasteiger partial charge in [-0.25, -0.2) is 9.78 Å². The third-order valence-electron chi connectivity index (χ3n) is 2.63. The topological polar surface area (TPSA) is 92.4 Å². The maximum absolute atomic E-state index is 10.8. The molecule has 0 unspecified atom stereocenters. The minimum absolute atomic E-state index is 0.0529. The first kappa shape index (κ1) is 15.5. The molecule has 0 saturated heterocycles. The Labute approximate surface area is 130 Å². The molecule has 0 saturated carbocycles. The van der Waals surface area contributed by atoms with Crippen molar-refractivity contribution in [2.45, 2.75) is 0 Å². The van der Waals surface area contributed by atoms with Crippen LogP contribution in [0.5, 0.6) is 11.5 Å². The van der Waals surface area contributed by atoms with E-state index in [4.69, 9.17) is 19.8 Å². The quantitative estimate of drug-likeness (QED) is 0.881. The van der Waals surface area contributed by atoms with E-state index in [1.807, 2.05) is 6.07 Å². The van der Waals surface area contributed by atoms with Gasteiger partial charge >= 0.3 is 5.97 Å². The molecule has 1 N–H and O–H groups in total. The molecule has 1 heterocycles. The van der Waals surface area contributed by atoms with Crippen LogP contribution >= 0.6 is 11.3 Å². The number of nitriles is 1. The van der Waals surface area contributed by atoms with Crippen molar-refractivity contribution < 1.29 is 19.4 Å². The number of hydrogen-bond donors (Lipinski definition) is 1. The Balaban J connectivity index is 2.16. The standard InChI is InChI=1S/C15H12N2O4S/c1-20-12-8-10(2-4-11(12)21-7-6-16)3-5-14-17-9-13(22-14)15(18)19/h2-5,8-9H,7H2,1H3,(H,18,19). The molecule has 0 amide bonds. The predicted octanol–water partition coefficient (Wildman–Crippen LogP) is 2.92. The molecule has 0 atom stereocenters. The monoisotopic (exact) mass is 316 g/mol. The van der Waals surface area contributed by atoms with Crippen molar-refractivity contribution in [1.82, 2.24) is 4.98 Å². The lowest BCUT2D eigenvalue weighted by molar-refractivity contribution is 0.0702. The van der Waals surface area contributed by atoms with Crippen molar-refractivity contribution >= 4 is 29.5 Å². The van der Waals surface area contributed by atoms with E-state index < -0.39 is 5.97 Å². The Bertz CT molecular complexity index is 746. The fraction of sp³-hybridized carbons (Fsp3) is 0.133. The summed E-state index contributed by atoms with van der Waals surface area (Å²) in [7, 11) is 1.52. The van der Waals surface area contributed by atoms with E-state index in [-0.39, 0.29) is 11.5 Å². The number of rotatable bonds is 6. The van der Waals surface area contributed by atoms with E-state index in [1.165, 1.54) is 13.3 Å². The Morgan fingerprint density at radius 3 is 2.91 bits per heavy atom. The molecule has 7 heteroatoms. The highest BCUT2D eigenvalue weighted by Gasteiger charge is 2.07. The number of carboxylic acids is 1. The van der Waals surface area contributed by atoms with Crippen molar-refractivity contribution in [1.29, 1.82) is 5.26 Å². The van der Waals surface area contributed by atoms with Crippen molar-refractivity contribution in [3.8, 4) is 17.6 Å². The predicted molar refractivity (Wildman–Crippen MR) is 82.1 cm³/mol. The highest BCUT2D eigenvalue weighted by atomic mass is 32.1. The van der Waals surface area contributed by atoms with E-state index >= 15 is 0 Å². The summed E-state index contributed by atoms with van der Waals surface area (Å²) in [6, 6.07) is 7.16. The lowest BCUT2D eigenvalue weighted by Crippen LogP contribution is -1.96. The summed E-state index contributed by atoms with van der Waals surface area (Å²) in [5.74, 6) is 0.0178. The van der Waals surface area contributed by atoms with Crippen LogP contribution in [-0.4, -0.2) is 29.8 Å². The van der Waals surface area contributed by atoms with Gasteiger partial charge in [-0.05, 0) is 23.8 Å². The molecule has 0 aliphatic heterocycles. The van der Waals surface area contributed by atoms with Crippen molar-refractivity contribution in [3.05, 3.63) is 39.8 Å². The average Bonchev–Trinajstić information content (AvgIpc) is 3.00. The van der Waals surface area contributed by atoms with Crippen LogP contribution in [0.2, 0.25) is 0 Å². The zero-order chi connectivity index (χ0) is 15.9. The molecule has 0 spiro atoms. The van der Waals surface area contributed by atoms with Gasteiger partial charge < -0.3 is 14.6 Å². The molecule has 0 aliphatic carbocycles. The molecule has 22 heavy (non-hydrogen) atoms. The largest absolute Gasteiger partial charge is 0.493 e. The second kappa shape index (κ2) is 7.24. The minimum Gasteiger partial charge on any atom is -0.493 e. The summed E-state index contributed by atoms with van der Waals surface area (Å²) in [6.07, 6.45) is 4.84. The maximum atomic E-state index is 10.8. The number of ether oxygens (including phenoxy) is 2. The van der Waals surface area contributed by atoms with Gasteiger partial charge in [0.05, 0.1) is 13.3 Å². The molecule has 2 aromatic rings. The molecule has 0 radical (unpaired) electrons. The molecule has 112 valence electrons. The van der Waals surface area contributed by atoms with Crippen LogP contribution < -0.4 is 9.47 Å². The van der Waals surface area contributed by atoms with E-state index in [0.717, 1.165) is 16.9 Å². The van der Waals surface area contributed by atoms with Gasteiger partial charge in [-0.1, -0.05) is 12.1 Å². The average molecular weight is 316 g/mol. The number of hydrogen-bond acceptors (Lipinski definition) is 6. The number of methoxy groups -OCH3 is 1. The van der Waals surface area contributed by atoms with Crippen molar-refractivity contribution in [3.63, 3.8) is 0 Å². The first-order chi connectivity index (χ1) is 10.6. The summed E-state index contributed by atoms with van der Waals surface area (Å²) < 4.78 is 10.5. The van der Waals surface area contributed by atoms with Gasteiger partial charge in [0.25, 0.3) is 0 Å². The summed E-state index contributed by atoms with van der Waals surface area (Å²) in [5, 5.41) is 18.0. The first-order valence-electron chi connectivity index (χ1n) is 6.19. The fourth-order valence-electron chi connectivity index (χ4n) is 1.65. The van der Waals surface area contributed by atoms with Crippen LogP contribution in [0.4, 0.5) is 0 Å². The molecular formula is C15H12N2O4S. The van der Waals surface area contributed by atoms with Crippen LogP contribution in [0.15, 0.2) is 24.4 Å². The van der Waals surface area contributed by atoms with Crippen LogP contribution in [0, 0.1) is 11.3 Å². The Kier molecular flexibility index (Phi) is 5.11. The third-order valence-corrected chi connectivity index (χ3v) is 3.58. The van der Waals surface area contributed by atoms with Gasteiger partial charge in [-0.3, -0.25) is 0 Å². The van der Waals surface area contributed by atoms with Gasteiger partial charge in [0.2, 0.25) is 0 Å². The summed E-state index contributed by atoms with van der Waals surface area (Å²) in [6.45, 7) is -0.0529. The van der Waals surface area contributed by atoms with Gasteiger partial charge in [-0.2, -0.15) is 5.26 Å². The Morgan fingerprint density at radius 1 is 1.45 bits per heavy atom. The number of carboxylic acid groups (broad SMARTS) is 1. The van der Waals surface area contributed by atoms with Crippen LogP contribution in [0.25, 0.3) is 12.2 Å². The van der Waals surface area contributed by atoms with Gasteiger partial charge in [0.15, 0.2) is 18.1 Å². The molecule has 2 rings (SSSR count). The van der Waals surface area contributed by atoms with Gasteiger partial charge in [0.1, 0.15) is 16.0 Å². The van der Waals surface area contributed by atoms with Crippen LogP contribution in [0.1, 0.15) is 20.2 Å². The zero-order valence-corrected chi connectivity index (χ0v) is 12.5. The number of carbonyl (C=O) groups is 1. The van der Waals surface area contributed by atoms with Gasteiger partial charge in [-0.15, -0.1) is 11.3 Å². The lowest BCUT2D eigenvalue weighted by Gasteiger charge is -2.08. The van der Waals surface area contributed by atoms with E-state index in [9.17, 15) is 4.79 Å². The normalized spacial score (nSPS) is 10.4. The summed E-state index contributed by atoms with van der Waals surface area (Å²) in [5.41, 5.74) is 0.841. The summed E-state index contributed by atoms with van der Waals surface area (Å²) >= 11 is 1.09. The molecular weight excluding hydrogens is 304 g/mol. The highest BCUT2D eigenvalue weighted by molar-refractivity contribution is 7.14. The lowest BCUT2D eigenvalue weighted by atomic mass is 10.2. The molecule has 0 aliphatic rings. The SMILES string of the molecule is COc1cc(C=Cc2ncc(C(=O)O)s2)ccc1OCC#N. The third kappa shape index (κ3) is 3.84. The summed E-state index contributed by atoms with van der Waals surface area (Å²) in [4.78, 5) is 15.0. The Morgan fingerprint density at radius 2 is 2.27 bits per heavy atom. The highest BCUT2D eigenvalue weighted by Crippen LogP contribution is 2.29. The van der Waals surface area contributed by atoms with E-state index in [0.29, 0.717) is 16.5 Å².